The molecular weight excluding hydrogens is 176 g/mol. The lowest BCUT2D eigenvalue weighted by Gasteiger charge is -2.25. The van der Waals surface area contributed by atoms with E-state index in [1.54, 1.807) is 0 Å². The molecule has 1 saturated heterocycles. The molecular formula is C11H24N2O. The molecule has 0 aliphatic carbocycles. The molecule has 1 rings (SSSR count). The highest BCUT2D eigenvalue weighted by Crippen LogP contribution is 2.13. The first-order valence-electron chi connectivity index (χ1n) is 5.65. The minimum Gasteiger partial charge on any atom is -0.377 e. The summed E-state index contributed by atoms with van der Waals surface area (Å²) in [4.78, 5) is 2.34. The number of ether oxygens (including phenoxy) is 1. The summed E-state index contributed by atoms with van der Waals surface area (Å²) in [7, 11) is 2.15. The molecule has 2 N–H and O–H groups in total. The van der Waals surface area contributed by atoms with Crippen molar-refractivity contribution < 1.29 is 4.74 Å². The second-order valence-corrected chi connectivity index (χ2v) is 4.69. The summed E-state index contributed by atoms with van der Waals surface area (Å²) in [5.41, 5.74) is 5.83. The van der Waals surface area contributed by atoms with E-state index in [2.05, 4.69) is 25.8 Å². The maximum Gasteiger partial charge on any atom is 0.0702 e. The zero-order valence-corrected chi connectivity index (χ0v) is 9.70. The van der Waals surface area contributed by atoms with Gasteiger partial charge in [-0.2, -0.15) is 0 Å². The minimum atomic E-state index is 0.280. The predicted molar refractivity (Wildman–Crippen MR) is 59.3 cm³/mol. The van der Waals surface area contributed by atoms with Crippen molar-refractivity contribution in [3.05, 3.63) is 0 Å². The zero-order chi connectivity index (χ0) is 10.6. The summed E-state index contributed by atoms with van der Waals surface area (Å²) in [6.07, 6.45) is 2.90. The quantitative estimate of drug-likeness (QED) is 0.722. The fourth-order valence-corrected chi connectivity index (χ4v) is 1.87. The summed E-state index contributed by atoms with van der Waals surface area (Å²) in [6.45, 7) is 7.34. The van der Waals surface area contributed by atoms with Gasteiger partial charge in [0.05, 0.1) is 6.10 Å². The third kappa shape index (κ3) is 3.95. The third-order valence-electron chi connectivity index (χ3n) is 3.04. The van der Waals surface area contributed by atoms with Crippen LogP contribution in [0.1, 0.15) is 26.7 Å². The van der Waals surface area contributed by atoms with Crippen molar-refractivity contribution in [2.24, 2.45) is 11.7 Å². The summed E-state index contributed by atoms with van der Waals surface area (Å²) in [5, 5.41) is 0. The number of hydrogen-bond acceptors (Lipinski definition) is 3. The van der Waals surface area contributed by atoms with Crippen molar-refractivity contribution in [1.82, 2.24) is 4.90 Å². The van der Waals surface area contributed by atoms with E-state index in [-0.39, 0.29) is 6.04 Å². The van der Waals surface area contributed by atoms with E-state index in [1.165, 1.54) is 12.8 Å². The van der Waals surface area contributed by atoms with Gasteiger partial charge in [-0.25, -0.2) is 0 Å². The predicted octanol–water partition coefficient (Wildman–Crippen LogP) is 1.08. The Hall–Kier alpha value is -0.120. The van der Waals surface area contributed by atoms with E-state index in [1.807, 2.05) is 0 Å². The van der Waals surface area contributed by atoms with Gasteiger partial charge in [0.1, 0.15) is 0 Å². The minimum absolute atomic E-state index is 0.280. The summed E-state index contributed by atoms with van der Waals surface area (Å²) in [5.74, 6) is 0.557. The highest BCUT2D eigenvalue weighted by molar-refractivity contribution is 4.72. The van der Waals surface area contributed by atoms with Crippen molar-refractivity contribution in [3.63, 3.8) is 0 Å². The molecule has 1 fully saturated rings. The van der Waals surface area contributed by atoms with Crippen LogP contribution in [0.3, 0.4) is 0 Å². The standard InChI is InChI=1S/C11H24N2O/c1-9(10(2)12)7-13(3)8-11-5-4-6-14-11/h9-11H,4-8,12H2,1-3H3. The first kappa shape index (κ1) is 12.0. The van der Waals surface area contributed by atoms with Gasteiger partial charge in [0.15, 0.2) is 0 Å². The molecule has 0 aromatic rings. The van der Waals surface area contributed by atoms with Gasteiger partial charge in [-0.3, -0.25) is 0 Å². The maximum atomic E-state index is 5.83. The fourth-order valence-electron chi connectivity index (χ4n) is 1.87. The molecule has 0 bridgehead atoms. The monoisotopic (exact) mass is 200 g/mol. The normalized spacial score (nSPS) is 26.8. The van der Waals surface area contributed by atoms with Crippen LogP contribution >= 0.6 is 0 Å². The first-order valence-corrected chi connectivity index (χ1v) is 5.65. The highest BCUT2D eigenvalue weighted by atomic mass is 16.5. The van der Waals surface area contributed by atoms with E-state index in [4.69, 9.17) is 10.5 Å². The number of rotatable bonds is 5. The van der Waals surface area contributed by atoms with Crippen LogP contribution in [0, 0.1) is 5.92 Å². The van der Waals surface area contributed by atoms with Gasteiger partial charge in [0.25, 0.3) is 0 Å². The van der Waals surface area contributed by atoms with Crippen LogP contribution in [-0.2, 0) is 4.74 Å². The van der Waals surface area contributed by atoms with E-state index in [9.17, 15) is 0 Å². The van der Waals surface area contributed by atoms with Crippen molar-refractivity contribution in [3.8, 4) is 0 Å². The Morgan fingerprint density at radius 1 is 1.50 bits per heavy atom. The van der Waals surface area contributed by atoms with Gasteiger partial charge < -0.3 is 15.4 Å². The molecule has 0 aromatic heterocycles. The SMILES string of the molecule is CC(N)C(C)CN(C)CC1CCCO1. The lowest BCUT2D eigenvalue weighted by molar-refractivity contribution is 0.0764. The molecule has 0 spiro atoms. The first-order chi connectivity index (χ1) is 6.59. The van der Waals surface area contributed by atoms with Gasteiger partial charge in [0, 0.05) is 25.7 Å². The lowest BCUT2D eigenvalue weighted by atomic mass is 10.0. The Morgan fingerprint density at radius 3 is 2.71 bits per heavy atom. The molecule has 1 aliphatic rings. The Morgan fingerprint density at radius 2 is 2.21 bits per heavy atom. The van der Waals surface area contributed by atoms with Crippen molar-refractivity contribution in [1.29, 1.82) is 0 Å². The Bertz CT molecular complexity index is 151. The van der Waals surface area contributed by atoms with Gasteiger partial charge >= 0.3 is 0 Å². The molecule has 3 unspecified atom stereocenters. The summed E-state index contributed by atoms with van der Waals surface area (Å²) >= 11 is 0. The van der Waals surface area contributed by atoms with E-state index in [0.717, 1.165) is 19.7 Å². The number of likely N-dealkylation sites (N-methyl/N-ethyl adjacent to an activating group) is 1. The smallest absolute Gasteiger partial charge is 0.0702 e. The topological polar surface area (TPSA) is 38.5 Å². The van der Waals surface area contributed by atoms with Gasteiger partial charge in [0.2, 0.25) is 0 Å². The molecule has 3 heteroatoms. The van der Waals surface area contributed by atoms with Crippen LogP contribution in [0.2, 0.25) is 0 Å². The van der Waals surface area contributed by atoms with Crippen molar-refractivity contribution in [2.45, 2.75) is 38.8 Å². The summed E-state index contributed by atoms with van der Waals surface area (Å²) < 4.78 is 5.59. The molecule has 1 heterocycles. The van der Waals surface area contributed by atoms with Crippen LogP contribution in [0.25, 0.3) is 0 Å². The van der Waals surface area contributed by atoms with E-state index in [0.29, 0.717) is 12.0 Å². The lowest BCUT2D eigenvalue weighted by Crippen LogP contribution is -2.37. The Balaban J connectivity index is 2.17. The van der Waals surface area contributed by atoms with Crippen molar-refractivity contribution >= 4 is 0 Å². The molecule has 0 radical (unpaired) electrons. The maximum absolute atomic E-state index is 5.83. The Labute approximate surface area is 87.6 Å². The van der Waals surface area contributed by atoms with Crippen molar-refractivity contribution in [2.75, 3.05) is 26.7 Å². The van der Waals surface area contributed by atoms with Gasteiger partial charge in [-0.15, -0.1) is 0 Å². The van der Waals surface area contributed by atoms with Crippen LogP contribution in [-0.4, -0.2) is 43.8 Å². The molecule has 3 atom stereocenters. The molecule has 14 heavy (non-hydrogen) atoms. The van der Waals surface area contributed by atoms with Crippen LogP contribution in [0.4, 0.5) is 0 Å². The second-order valence-electron chi connectivity index (χ2n) is 4.69. The average Bonchev–Trinajstić information content (AvgIpc) is 2.56. The molecule has 1 aliphatic heterocycles. The van der Waals surface area contributed by atoms with Crippen LogP contribution in [0.15, 0.2) is 0 Å². The number of hydrogen-bond donors (Lipinski definition) is 1. The molecule has 0 saturated carbocycles. The molecule has 84 valence electrons. The average molecular weight is 200 g/mol. The number of nitrogens with two attached hydrogens (primary N) is 1. The summed E-state index contributed by atoms with van der Waals surface area (Å²) in [6, 6.07) is 0.280. The Kier molecular flexibility index (Phi) is 4.85. The van der Waals surface area contributed by atoms with Gasteiger partial charge in [-0.1, -0.05) is 6.92 Å². The molecule has 0 aromatic carbocycles. The largest absolute Gasteiger partial charge is 0.377 e. The van der Waals surface area contributed by atoms with Crippen LogP contribution in [0.5, 0.6) is 0 Å². The van der Waals surface area contributed by atoms with E-state index >= 15 is 0 Å². The highest BCUT2D eigenvalue weighted by Gasteiger charge is 2.18. The zero-order valence-electron chi connectivity index (χ0n) is 9.70. The number of nitrogens with zero attached hydrogens (tertiary/aromatic N) is 1. The molecule has 3 nitrogen and oxygen atoms in total. The van der Waals surface area contributed by atoms with Gasteiger partial charge in [-0.05, 0) is 32.7 Å². The fraction of sp³-hybridized carbons (Fsp3) is 1.00. The van der Waals surface area contributed by atoms with Crippen LogP contribution < -0.4 is 5.73 Å². The second kappa shape index (κ2) is 5.69. The van der Waals surface area contributed by atoms with E-state index < -0.39 is 0 Å². The molecule has 0 amide bonds. The third-order valence-corrected chi connectivity index (χ3v) is 3.04.